The summed E-state index contributed by atoms with van der Waals surface area (Å²) < 4.78 is 11.9. The van der Waals surface area contributed by atoms with Gasteiger partial charge in [0.05, 0.1) is 35.6 Å². The summed E-state index contributed by atoms with van der Waals surface area (Å²) in [7, 11) is 0. The zero-order valence-electron chi connectivity index (χ0n) is 21.7. The lowest BCUT2D eigenvalue weighted by molar-refractivity contribution is 0.305. The van der Waals surface area contributed by atoms with E-state index >= 15 is 0 Å². The first-order chi connectivity index (χ1) is 17.8. The predicted octanol–water partition coefficient (Wildman–Crippen LogP) is 8.88. The second-order valence-electron chi connectivity index (χ2n) is 9.28. The topological polar surface area (TPSA) is 44.2 Å². The molecule has 0 atom stereocenters. The molecule has 4 heteroatoms. The summed E-state index contributed by atoms with van der Waals surface area (Å²) in [5, 5.41) is 0. The van der Waals surface area contributed by atoms with Gasteiger partial charge in [0.2, 0.25) is 0 Å². The van der Waals surface area contributed by atoms with Crippen molar-refractivity contribution in [2.24, 2.45) is 0 Å². The van der Waals surface area contributed by atoms with Gasteiger partial charge in [-0.1, -0.05) is 64.5 Å². The fourth-order valence-electron chi connectivity index (χ4n) is 4.26. The van der Waals surface area contributed by atoms with Crippen LogP contribution in [0.25, 0.3) is 33.5 Å². The van der Waals surface area contributed by atoms with Crippen LogP contribution in [-0.2, 0) is 0 Å². The molecule has 0 N–H and O–H groups in total. The Kier molecular flexibility index (Phi) is 9.72. The Morgan fingerprint density at radius 3 is 1.31 bits per heavy atom. The molecule has 1 aromatic heterocycles. The molecule has 0 amide bonds. The molecule has 188 valence electrons. The SMILES string of the molecule is CCCCCCOc1ccc(-c2nc3ccccc3nc2-c2ccc(OCCCCCC)cc2)cc1. The van der Waals surface area contributed by atoms with Crippen molar-refractivity contribution in [3.8, 4) is 34.0 Å². The monoisotopic (exact) mass is 482 g/mol. The Bertz CT molecular complexity index is 1110. The van der Waals surface area contributed by atoms with Gasteiger partial charge in [-0.05, 0) is 73.5 Å². The molecule has 0 saturated carbocycles. The molecule has 4 nitrogen and oxygen atoms in total. The van der Waals surface area contributed by atoms with E-state index < -0.39 is 0 Å². The number of nitrogens with zero attached hydrogens (tertiary/aromatic N) is 2. The number of aromatic nitrogens is 2. The van der Waals surface area contributed by atoms with Crippen LogP contribution in [-0.4, -0.2) is 23.2 Å². The van der Waals surface area contributed by atoms with Crippen molar-refractivity contribution in [2.75, 3.05) is 13.2 Å². The second-order valence-corrected chi connectivity index (χ2v) is 9.28. The smallest absolute Gasteiger partial charge is 0.119 e. The minimum absolute atomic E-state index is 0.757. The normalized spacial score (nSPS) is 11.1. The number of benzene rings is 3. The van der Waals surface area contributed by atoms with Crippen LogP contribution >= 0.6 is 0 Å². The number of hydrogen-bond acceptors (Lipinski definition) is 4. The van der Waals surface area contributed by atoms with E-state index in [1.165, 1.54) is 38.5 Å². The Balaban J connectivity index is 1.54. The van der Waals surface area contributed by atoms with Crippen LogP contribution in [0.5, 0.6) is 11.5 Å². The maximum Gasteiger partial charge on any atom is 0.119 e. The number of ether oxygens (including phenoxy) is 2. The molecule has 1 heterocycles. The van der Waals surface area contributed by atoms with E-state index in [2.05, 4.69) is 38.1 Å². The molecule has 0 fully saturated rings. The molecule has 3 aromatic carbocycles. The Morgan fingerprint density at radius 2 is 0.917 bits per heavy atom. The summed E-state index contributed by atoms with van der Waals surface area (Å²) in [5.41, 5.74) is 5.57. The number of unbranched alkanes of at least 4 members (excludes halogenated alkanes) is 6. The molecule has 36 heavy (non-hydrogen) atoms. The van der Waals surface area contributed by atoms with E-state index in [1.807, 2.05) is 48.5 Å². The van der Waals surface area contributed by atoms with Gasteiger partial charge in [0.15, 0.2) is 0 Å². The van der Waals surface area contributed by atoms with Crippen LogP contribution in [0.3, 0.4) is 0 Å². The molecule has 0 unspecified atom stereocenters. The minimum atomic E-state index is 0.757. The van der Waals surface area contributed by atoms with Crippen molar-refractivity contribution in [1.29, 1.82) is 0 Å². The summed E-state index contributed by atoms with van der Waals surface area (Å²) >= 11 is 0. The second kappa shape index (κ2) is 13.6. The highest BCUT2D eigenvalue weighted by Crippen LogP contribution is 2.32. The summed E-state index contributed by atoms with van der Waals surface area (Å²) in [6, 6.07) is 24.5. The number of hydrogen-bond donors (Lipinski definition) is 0. The molecule has 0 bridgehead atoms. The van der Waals surface area contributed by atoms with Gasteiger partial charge in [-0.15, -0.1) is 0 Å². The summed E-state index contributed by atoms with van der Waals surface area (Å²) in [5.74, 6) is 1.79. The molecule has 4 aromatic rings. The number of para-hydroxylation sites is 2. The van der Waals surface area contributed by atoms with Crippen LogP contribution < -0.4 is 9.47 Å². The van der Waals surface area contributed by atoms with E-state index in [1.54, 1.807) is 0 Å². The highest BCUT2D eigenvalue weighted by molar-refractivity contribution is 5.86. The zero-order valence-corrected chi connectivity index (χ0v) is 21.7. The van der Waals surface area contributed by atoms with Gasteiger partial charge >= 0.3 is 0 Å². The van der Waals surface area contributed by atoms with Crippen LogP contribution in [0.15, 0.2) is 72.8 Å². The first-order valence-electron chi connectivity index (χ1n) is 13.5. The quantitative estimate of drug-likeness (QED) is 0.168. The highest BCUT2D eigenvalue weighted by atomic mass is 16.5. The van der Waals surface area contributed by atoms with Crippen molar-refractivity contribution in [3.63, 3.8) is 0 Å². The van der Waals surface area contributed by atoms with Gasteiger partial charge in [-0.25, -0.2) is 9.97 Å². The maximum atomic E-state index is 5.95. The lowest BCUT2D eigenvalue weighted by Crippen LogP contribution is -1.99. The number of fused-ring (bicyclic) bond motifs is 1. The van der Waals surface area contributed by atoms with Gasteiger partial charge in [0.25, 0.3) is 0 Å². The summed E-state index contributed by atoms with van der Waals surface area (Å²) in [6.45, 7) is 5.96. The first-order valence-corrected chi connectivity index (χ1v) is 13.5. The minimum Gasteiger partial charge on any atom is -0.494 e. The van der Waals surface area contributed by atoms with E-state index in [-0.39, 0.29) is 0 Å². The molecule has 4 rings (SSSR count). The maximum absolute atomic E-state index is 5.95. The fraction of sp³-hybridized carbons (Fsp3) is 0.375. The Labute approximate surface area is 215 Å². The van der Waals surface area contributed by atoms with Crippen LogP contribution in [0, 0.1) is 0 Å². The fourth-order valence-corrected chi connectivity index (χ4v) is 4.26. The molecule has 0 spiro atoms. The van der Waals surface area contributed by atoms with Crippen molar-refractivity contribution in [1.82, 2.24) is 9.97 Å². The molecular formula is C32H38N2O2. The van der Waals surface area contributed by atoms with E-state index in [0.29, 0.717) is 0 Å². The largest absolute Gasteiger partial charge is 0.494 e. The van der Waals surface area contributed by atoms with Gasteiger partial charge < -0.3 is 9.47 Å². The van der Waals surface area contributed by atoms with Crippen molar-refractivity contribution in [2.45, 2.75) is 65.2 Å². The Hall–Kier alpha value is -3.40. The van der Waals surface area contributed by atoms with Crippen molar-refractivity contribution in [3.05, 3.63) is 72.8 Å². The van der Waals surface area contributed by atoms with Crippen molar-refractivity contribution >= 4 is 11.0 Å². The third kappa shape index (κ3) is 7.07. The molecule has 0 aliphatic carbocycles. The highest BCUT2D eigenvalue weighted by Gasteiger charge is 2.14. The van der Waals surface area contributed by atoms with E-state index in [4.69, 9.17) is 19.4 Å². The average Bonchev–Trinajstić information content (AvgIpc) is 2.93. The third-order valence-electron chi connectivity index (χ3n) is 6.36. The molecule has 0 radical (unpaired) electrons. The average molecular weight is 483 g/mol. The third-order valence-corrected chi connectivity index (χ3v) is 6.36. The van der Waals surface area contributed by atoms with Gasteiger partial charge in [-0.2, -0.15) is 0 Å². The van der Waals surface area contributed by atoms with E-state index in [0.717, 1.165) is 71.1 Å². The zero-order chi connectivity index (χ0) is 25.0. The van der Waals surface area contributed by atoms with Gasteiger partial charge in [-0.3, -0.25) is 0 Å². The summed E-state index contributed by atoms with van der Waals surface area (Å²) in [4.78, 5) is 10.0. The first kappa shape index (κ1) is 25.7. The molecule has 0 aliphatic rings. The van der Waals surface area contributed by atoms with Crippen LogP contribution in [0.4, 0.5) is 0 Å². The lowest BCUT2D eigenvalue weighted by atomic mass is 10.0. The predicted molar refractivity (Wildman–Crippen MR) is 150 cm³/mol. The molecular weight excluding hydrogens is 444 g/mol. The van der Waals surface area contributed by atoms with Gasteiger partial charge in [0, 0.05) is 11.1 Å². The molecule has 0 saturated heterocycles. The van der Waals surface area contributed by atoms with Crippen LogP contribution in [0.1, 0.15) is 65.2 Å². The summed E-state index contributed by atoms with van der Waals surface area (Å²) in [6.07, 6.45) is 9.61. The van der Waals surface area contributed by atoms with Gasteiger partial charge in [0.1, 0.15) is 11.5 Å². The van der Waals surface area contributed by atoms with E-state index in [9.17, 15) is 0 Å². The lowest BCUT2D eigenvalue weighted by Gasteiger charge is -2.12. The molecule has 0 aliphatic heterocycles. The number of rotatable bonds is 14. The van der Waals surface area contributed by atoms with Crippen LogP contribution in [0.2, 0.25) is 0 Å². The Morgan fingerprint density at radius 1 is 0.500 bits per heavy atom. The standard InChI is InChI=1S/C32H38N2O2/c1-3-5-7-11-23-35-27-19-15-25(16-20-27)31-32(34-30-14-10-9-13-29(30)33-31)26-17-21-28(22-18-26)36-24-12-8-6-4-2/h9-10,13-22H,3-8,11-12,23-24H2,1-2H3. The van der Waals surface area contributed by atoms with Crippen molar-refractivity contribution < 1.29 is 9.47 Å².